The average molecular weight is 250 g/mol. The van der Waals surface area contributed by atoms with Crippen LogP contribution in [0.3, 0.4) is 0 Å². The summed E-state index contributed by atoms with van der Waals surface area (Å²) in [6.07, 6.45) is 0. The number of benzene rings is 1. The number of likely N-dealkylation sites (N-methyl/N-ethyl adjacent to an activating group) is 1. The Morgan fingerprint density at radius 2 is 2.39 bits per heavy atom. The molecule has 0 aliphatic carbocycles. The lowest BCUT2D eigenvalue weighted by molar-refractivity contribution is -0.0107. The molecule has 0 saturated carbocycles. The number of ether oxygens (including phenoxy) is 1. The fourth-order valence-electron chi connectivity index (χ4n) is 2.29. The lowest BCUT2D eigenvalue weighted by atomic mass is 10.1. The highest BCUT2D eigenvalue weighted by molar-refractivity contribution is 5.27. The van der Waals surface area contributed by atoms with E-state index in [2.05, 4.69) is 23.2 Å². The number of phenolic OH excluding ortho intramolecular Hbond substituents is 1. The summed E-state index contributed by atoms with van der Waals surface area (Å²) >= 11 is 0. The van der Waals surface area contributed by atoms with E-state index >= 15 is 0 Å². The van der Waals surface area contributed by atoms with E-state index < -0.39 is 0 Å². The van der Waals surface area contributed by atoms with Crippen molar-refractivity contribution < 1.29 is 9.84 Å². The molecule has 1 aromatic carbocycles. The molecule has 1 aliphatic rings. The molecule has 0 spiro atoms. The zero-order valence-corrected chi connectivity index (χ0v) is 10.9. The highest BCUT2D eigenvalue weighted by Crippen LogP contribution is 2.16. The fraction of sp³-hybridized carbons (Fsp3) is 0.571. The maximum atomic E-state index is 9.49. The normalized spacial score (nSPS) is 21.1. The van der Waals surface area contributed by atoms with Crippen LogP contribution in [-0.4, -0.2) is 48.9 Å². The van der Waals surface area contributed by atoms with Crippen LogP contribution < -0.4 is 5.32 Å². The number of nitrogens with zero attached hydrogens (tertiary/aromatic N) is 1. The SMILES string of the molecule is CCNCC1COCCN1Cc1cccc(O)c1. The molecular weight excluding hydrogens is 228 g/mol. The van der Waals surface area contributed by atoms with Crippen molar-refractivity contribution in [2.24, 2.45) is 0 Å². The molecule has 0 amide bonds. The first-order chi connectivity index (χ1) is 8.79. The van der Waals surface area contributed by atoms with E-state index in [4.69, 9.17) is 4.74 Å². The van der Waals surface area contributed by atoms with Crippen molar-refractivity contribution in [3.8, 4) is 5.75 Å². The predicted octanol–water partition coefficient (Wildman–Crippen LogP) is 1.20. The molecule has 0 bridgehead atoms. The minimum absolute atomic E-state index is 0.337. The molecule has 1 fully saturated rings. The van der Waals surface area contributed by atoms with Crippen LogP contribution in [0.2, 0.25) is 0 Å². The largest absolute Gasteiger partial charge is 0.508 e. The molecule has 0 radical (unpaired) electrons. The highest BCUT2D eigenvalue weighted by Gasteiger charge is 2.22. The zero-order chi connectivity index (χ0) is 12.8. The minimum Gasteiger partial charge on any atom is -0.508 e. The number of rotatable bonds is 5. The first-order valence-corrected chi connectivity index (χ1v) is 6.60. The first-order valence-electron chi connectivity index (χ1n) is 6.60. The number of morpholine rings is 1. The molecule has 1 heterocycles. The second-order valence-electron chi connectivity index (χ2n) is 4.68. The minimum atomic E-state index is 0.337. The van der Waals surface area contributed by atoms with Crippen molar-refractivity contribution in [2.45, 2.75) is 19.5 Å². The van der Waals surface area contributed by atoms with Gasteiger partial charge in [-0.1, -0.05) is 19.1 Å². The summed E-state index contributed by atoms with van der Waals surface area (Å²) in [5.74, 6) is 0.337. The van der Waals surface area contributed by atoms with E-state index in [-0.39, 0.29) is 0 Å². The Morgan fingerprint density at radius 1 is 1.50 bits per heavy atom. The van der Waals surface area contributed by atoms with Crippen LogP contribution in [-0.2, 0) is 11.3 Å². The summed E-state index contributed by atoms with van der Waals surface area (Å²) in [6, 6.07) is 7.91. The van der Waals surface area contributed by atoms with Gasteiger partial charge in [0.25, 0.3) is 0 Å². The lowest BCUT2D eigenvalue weighted by Crippen LogP contribution is -2.49. The molecule has 1 unspecified atom stereocenters. The molecule has 2 rings (SSSR count). The van der Waals surface area contributed by atoms with Crippen molar-refractivity contribution in [3.05, 3.63) is 29.8 Å². The number of nitrogens with one attached hydrogen (secondary N) is 1. The second-order valence-corrected chi connectivity index (χ2v) is 4.68. The van der Waals surface area contributed by atoms with Crippen molar-refractivity contribution in [3.63, 3.8) is 0 Å². The third-order valence-corrected chi connectivity index (χ3v) is 3.28. The van der Waals surface area contributed by atoms with Gasteiger partial charge in [0.05, 0.1) is 13.2 Å². The van der Waals surface area contributed by atoms with Gasteiger partial charge in [-0.25, -0.2) is 0 Å². The molecular formula is C14H22N2O2. The molecule has 4 nitrogen and oxygen atoms in total. The Balaban J connectivity index is 1.96. The van der Waals surface area contributed by atoms with Gasteiger partial charge < -0.3 is 15.2 Å². The summed E-state index contributed by atoms with van der Waals surface area (Å²) in [5, 5.41) is 12.9. The summed E-state index contributed by atoms with van der Waals surface area (Å²) in [7, 11) is 0. The Bertz CT molecular complexity index is 371. The van der Waals surface area contributed by atoms with Crippen LogP contribution >= 0.6 is 0 Å². The highest BCUT2D eigenvalue weighted by atomic mass is 16.5. The molecule has 4 heteroatoms. The van der Waals surface area contributed by atoms with E-state index in [0.29, 0.717) is 11.8 Å². The van der Waals surface area contributed by atoms with Gasteiger partial charge in [0.1, 0.15) is 5.75 Å². The predicted molar refractivity (Wildman–Crippen MR) is 71.7 cm³/mol. The van der Waals surface area contributed by atoms with Gasteiger partial charge in [0.15, 0.2) is 0 Å². The van der Waals surface area contributed by atoms with Gasteiger partial charge in [-0.05, 0) is 24.2 Å². The number of hydrogen-bond acceptors (Lipinski definition) is 4. The summed E-state index contributed by atoms with van der Waals surface area (Å²) in [4.78, 5) is 2.42. The van der Waals surface area contributed by atoms with E-state index in [1.807, 2.05) is 12.1 Å². The molecule has 1 saturated heterocycles. The molecule has 0 aromatic heterocycles. The topological polar surface area (TPSA) is 44.7 Å². The maximum absolute atomic E-state index is 9.49. The van der Waals surface area contributed by atoms with Crippen molar-refractivity contribution in [1.29, 1.82) is 0 Å². The second kappa shape index (κ2) is 6.73. The van der Waals surface area contributed by atoms with E-state index in [0.717, 1.165) is 45.0 Å². The maximum Gasteiger partial charge on any atom is 0.115 e. The van der Waals surface area contributed by atoms with Gasteiger partial charge in [0, 0.05) is 25.7 Å². The summed E-state index contributed by atoms with van der Waals surface area (Å²) < 4.78 is 5.54. The van der Waals surface area contributed by atoms with Gasteiger partial charge in [-0.15, -0.1) is 0 Å². The Morgan fingerprint density at radius 3 is 3.17 bits per heavy atom. The Labute approximate surface area is 109 Å². The number of phenols is 1. The van der Waals surface area contributed by atoms with Crippen molar-refractivity contribution >= 4 is 0 Å². The Kier molecular flexibility index (Phi) is 4.99. The monoisotopic (exact) mass is 250 g/mol. The van der Waals surface area contributed by atoms with Crippen LogP contribution in [0.4, 0.5) is 0 Å². The average Bonchev–Trinajstić information content (AvgIpc) is 2.38. The van der Waals surface area contributed by atoms with Gasteiger partial charge in [0.2, 0.25) is 0 Å². The molecule has 2 N–H and O–H groups in total. The van der Waals surface area contributed by atoms with Crippen LogP contribution in [0.1, 0.15) is 12.5 Å². The van der Waals surface area contributed by atoms with E-state index in [1.54, 1.807) is 6.07 Å². The van der Waals surface area contributed by atoms with E-state index in [9.17, 15) is 5.11 Å². The van der Waals surface area contributed by atoms with Crippen molar-refractivity contribution in [2.75, 3.05) is 32.8 Å². The van der Waals surface area contributed by atoms with Crippen LogP contribution in [0, 0.1) is 0 Å². The number of hydrogen-bond donors (Lipinski definition) is 2. The molecule has 1 aromatic rings. The Hall–Kier alpha value is -1.10. The molecule has 100 valence electrons. The summed E-state index contributed by atoms with van der Waals surface area (Å²) in [5.41, 5.74) is 1.15. The molecule has 1 aliphatic heterocycles. The fourth-order valence-corrected chi connectivity index (χ4v) is 2.29. The zero-order valence-electron chi connectivity index (χ0n) is 10.9. The third kappa shape index (κ3) is 3.70. The lowest BCUT2D eigenvalue weighted by Gasteiger charge is -2.35. The summed E-state index contributed by atoms with van der Waals surface area (Å²) in [6.45, 7) is 7.45. The molecule has 1 atom stereocenters. The molecule has 18 heavy (non-hydrogen) atoms. The van der Waals surface area contributed by atoms with Crippen LogP contribution in [0.15, 0.2) is 24.3 Å². The standard InChI is InChI=1S/C14H22N2O2/c1-2-15-9-13-11-18-7-6-16(13)10-12-4-3-5-14(17)8-12/h3-5,8,13,15,17H,2,6-7,9-11H2,1H3. The van der Waals surface area contributed by atoms with E-state index in [1.165, 1.54) is 0 Å². The number of aromatic hydroxyl groups is 1. The van der Waals surface area contributed by atoms with Gasteiger partial charge in [-0.3, -0.25) is 4.90 Å². The first kappa shape index (κ1) is 13.3. The van der Waals surface area contributed by atoms with Crippen LogP contribution in [0.5, 0.6) is 5.75 Å². The van der Waals surface area contributed by atoms with Gasteiger partial charge >= 0.3 is 0 Å². The van der Waals surface area contributed by atoms with Crippen LogP contribution in [0.25, 0.3) is 0 Å². The van der Waals surface area contributed by atoms with Gasteiger partial charge in [-0.2, -0.15) is 0 Å². The quantitative estimate of drug-likeness (QED) is 0.824. The third-order valence-electron chi connectivity index (χ3n) is 3.28. The smallest absolute Gasteiger partial charge is 0.115 e. The van der Waals surface area contributed by atoms with Crippen molar-refractivity contribution in [1.82, 2.24) is 10.2 Å².